The van der Waals surface area contributed by atoms with Crippen LogP contribution < -0.4 is 16.1 Å². The van der Waals surface area contributed by atoms with Gasteiger partial charge in [-0.2, -0.15) is 5.01 Å². The first kappa shape index (κ1) is 29.8. The maximum atomic E-state index is 13.1. The number of nitrogens with zero attached hydrogens (tertiary/aromatic N) is 2. The fourth-order valence-electron chi connectivity index (χ4n) is 5.44. The van der Waals surface area contributed by atoms with Crippen molar-refractivity contribution in [3.05, 3.63) is 102 Å². The van der Waals surface area contributed by atoms with Gasteiger partial charge < -0.3 is 20.3 Å². The minimum Gasteiger partial charge on any atom is -0.431 e. The molecule has 0 aliphatic carbocycles. The van der Waals surface area contributed by atoms with E-state index in [1.54, 1.807) is 0 Å². The standard InChI is InChI=1S/C34H27N5O7/c1-38(18-27(41)35-17-24-8-7-22-6-5-20-3-2-4-21-11-14-26(24)31(22)30(20)21)34(45)46-32(23-9-12-25(13-10-23)36-19-40)33(44)37-39-28(42)15-16-29(39)43/h2-16,19,32H,17-18H2,1H3,(H,35,41)(H,36,40)(H,37,44)/t32-/m1/s1. The van der Waals surface area contributed by atoms with Crippen molar-refractivity contribution in [1.29, 1.82) is 0 Å². The molecule has 1 aliphatic rings. The summed E-state index contributed by atoms with van der Waals surface area (Å²) in [6, 6.07) is 24.2. The van der Waals surface area contributed by atoms with Crippen LogP contribution in [-0.2, 0) is 35.3 Å². The number of hydrazine groups is 1. The normalized spacial score (nSPS) is 13.3. The number of benzene rings is 5. The Morgan fingerprint density at radius 2 is 1.48 bits per heavy atom. The summed E-state index contributed by atoms with van der Waals surface area (Å²) in [6.07, 6.45) is -0.176. The van der Waals surface area contributed by atoms with Crippen LogP contribution >= 0.6 is 0 Å². The maximum Gasteiger partial charge on any atom is 0.411 e. The van der Waals surface area contributed by atoms with Crippen LogP contribution in [0.2, 0.25) is 0 Å². The average molecular weight is 618 g/mol. The summed E-state index contributed by atoms with van der Waals surface area (Å²) >= 11 is 0. The second-order valence-electron chi connectivity index (χ2n) is 10.7. The highest BCUT2D eigenvalue weighted by atomic mass is 16.6. The van der Waals surface area contributed by atoms with E-state index < -0.39 is 35.8 Å². The Kier molecular flexibility index (Phi) is 8.00. The molecule has 3 N–H and O–H groups in total. The van der Waals surface area contributed by atoms with Gasteiger partial charge in [-0.15, -0.1) is 0 Å². The quantitative estimate of drug-likeness (QED) is 0.123. The Labute approximate surface area is 261 Å². The second-order valence-corrected chi connectivity index (χ2v) is 10.7. The van der Waals surface area contributed by atoms with Gasteiger partial charge in [-0.05, 0) is 50.0 Å². The fraction of sp³-hybridized carbons (Fsp3) is 0.118. The second kappa shape index (κ2) is 12.4. The van der Waals surface area contributed by atoms with E-state index in [0.717, 1.165) is 54.9 Å². The lowest BCUT2D eigenvalue weighted by atomic mass is 9.92. The van der Waals surface area contributed by atoms with Crippen molar-refractivity contribution in [3.63, 3.8) is 0 Å². The summed E-state index contributed by atoms with van der Waals surface area (Å²) in [5.41, 5.74) is 3.67. The van der Waals surface area contributed by atoms with Crippen LogP contribution in [0.1, 0.15) is 17.2 Å². The van der Waals surface area contributed by atoms with Gasteiger partial charge in [-0.1, -0.05) is 66.7 Å². The van der Waals surface area contributed by atoms with Gasteiger partial charge in [0.15, 0.2) is 0 Å². The SMILES string of the molecule is CN(CC(=O)NCc1ccc2ccc3cccc4ccc1c2c34)C(=O)O[C@@H](C(=O)NN1C(=O)C=CC1=O)c1ccc(NC=O)cc1. The molecule has 0 saturated heterocycles. The molecule has 1 heterocycles. The molecule has 1 aliphatic heterocycles. The number of likely N-dealkylation sites (N-methyl/N-ethyl adjacent to an activating group) is 1. The van der Waals surface area contributed by atoms with Crippen molar-refractivity contribution in [1.82, 2.24) is 20.7 Å². The summed E-state index contributed by atoms with van der Waals surface area (Å²) in [7, 11) is 1.33. The number of amides is 6. The van der Waals surface area contributed by atoms with Gasteiger partial charge in [0, 0.05) is 37.0 Å². The van der Waals surface area contributed by atoms with Crippen molar-refractivity contribution in [2.75, 3.05) is 18.9 Å². The zero-order valence-electron chi connectivity index (χ0n) is 24.5. The molecular formula is C34H27N5O7. The third-order valence-electron chi connectivity index (χ3n) is 7.71. The number of carbonyl (C=O) groups is 6. The molecule has 5 aromatic carbocycles. The predicted molar refractivity (Wildman–Crippen MR) is 169 cm³/mol. The van der Waals surface area contributed by atoms with Gasteiger partial charge >= 0.3 is 6.09 Å². The van der Waals surface area contributed by atoms with Gasteiger partial charge in [0.2, 0.25) is 18.4 Å². The van der Waals surface area contributed by atoms with Crippen LogP contribution in [0.25, 0.3) is 32.3 Å². The molecule has 0 fully saturated rings. The average Bonchev–Trinajstić information content (AvgIpc) is 3.38. The Balaban J connectivity index is 1.13. The minimum absolute atomic E-state index is 0.182. The molecule has 0 saturated carbocycles. The third kappa shape index (κ3) is 5.78. The van der Waals surface area contributed by atoms with Crippen LogP contribution in [-0.4, -0.2) is 59.6 Å². The van der Waals surface area contributed by atoms with E-state index in [9.17, 15) is 28.8 Å². The summed E-state index contributed by atoms with van der Waals surface area (Å²) in [5.74, 6) is -2.99. The Morgan fingerprint density at radius 1 is 0.848 bits per heavy atom. The van der Waals surface area contributed by atoms with Gasteiger partial charge in [-0.25, -0.2) is 4.79 Å². The van der Waals surface area contributed by atoms with E-state index in [-0.39, 0.29) is 18.7 Å². The molecule has 0 bridgehead atoms. The van der Waals surface area contributed by atoms with Crippen LogP contribution in [0.5, 0.6) is 0 Å². The number of ether oxygens (including phenoxy) is 1. The van der Waals surface area contributed by atoms with Crippen molar-refractivity contribution >= 4 is 74.1 Å². The maximum absolute atomic E-state index is 13.1. The first-order valence-corrected chi connectivity index (χ1v) is 14.2. The van der Waals surface area contributed by atoms with E-state index in [1.807, 2.05) is 24.3 Å². The van der Waals surface area contributed by atoms with Crippen molar-refractivity contribution < 1.29 is 33.5 Å². The molecule has 6 amide bonds. The number of carbonyl (C=O) groups excluding carboxylic acids is 6. The minimum atomic E-state index is -1.61. The zero-order valence-corrected chi connectivity index (χ0v) is 24.5. The highest BCUT2D eigenvalue weighted by Gasteiger charge is 2.32. The number of hydrogen-bond donors (Lipinski definition) is 3. The molecule has 0 unspecified atom stereocenters. The van der Waals surface area contributed by atoms with E-state index in [4.69, 9.17) is 4.74 Å². The Hall–Kier alpha value is -6.30. The number of hydrogen-bond acceptors (Lipinski definition) is 7. The molecule has 1 atom stereocenters. The molecule has 6 rings (SSSR count). The van der Waals surface area contributed by atoms with Crippen LogP contribution in [0.3, 0.4) is 0 Å². The molecule has 230 valence electrons. The largest absolute Gasteiger partial charge is 0.431 e. The highest BCUT2D eigenvalue weighted by Crippen LogP contribution is 2.35. The monoisotopic (exact) mass is 617 g/mol. The van der Waals surface area contributed by atoms with E-state index >= 15 is 0 Å². The number of imide groups is 1. The molecular weight excluding hydrogens is 590 g/mol. The van der Waals surface area contributed by atoms with Gasteiger partial charge in [0.1, 0.15) is 6.54 Å². The summed E-state index contributed by atoms with van der Waals surface area (Å²) in [6.45, 7) is -0.164. The first-order valence-electron chi connectivity index (χ1n) is 14.2. The molecule has 12 heteroatoms. The first-order chi connectivity index (χ1) is 22.2. The summed E-state index contributed by atoms with van der Waals surface area (Å²) in [5, 5.41) is 12.5. The van der Waals surface area contributed by atoms with Crippen LogP contribution in [0.15, 0.2) is 91.0 Å². The van der Waals surface area contributed by atoms with Crippen molar-refractivity contribution in [2.24, 2.45) is 0 Å². The Bertz CT molecular complexity index is 2020. The van der Waals surface area contributed by atoms with Crippen LogP contribution in [0, 0.1) is 0 Å². The predicted octanol–water partition coefficient (Wildman–Crippen LogP) is 3.53. The Morgan fingerprint density at radius 3 is 2.15 bits per heavy atom. The number of anilines is 1. The zero-order chi connectivity index (χ0) is 32.4. The number of nitrogens with one attached hydrogen (secondary N) is 3. The van der Waals surface area contributed by atoms with Gasteiger partial charge in [-0.3, -0.25) is 29.4 Å². The van der Waals surface area contributed by atoms with E-state index in [1.165, 1.54) is 31.3 Å². The lowest BCUT2D eigenvalue weighted by Gasteiger charge is -2.24. The third-order valence-corrected chi connectivity index (χ3v) is 7.71. The fourth-order valence-corrected chi connectivity index (χ4v) is 5.44. The molecule has 5 aromatic rings. The number of rotatable bonds is 10. The lowest BCUT2D eigenvalue weighted by Crippen LogP contribution is -2.49. The smallest absolute Gasteiger partial charge is 0.411 e. The van der Waals surface area contributed by atoms with Gasteiger partial charge in [0.05, 0.1) is 0 Å². The molecule has 0 spiro atoms. The highest BCUT2D eigenvalue weighted by molar-refractivity contribution is 6.23. The van der Waals surface area contributed by atoms with Gasteiger partial charge in [0.25, 0.3) is 17.7 Å². The molecule has 0 radical (unpaired) electrons. The van der Waals surface area contributed by atoms with E-state index in [2.05, 4.69) is 46.4 Å². The van der Waals surface area contributed by atoms with Crippen molar-refractivity contribution in [3.8, 4) is 0 Å². The van der Waals surface area contributed by atoms with Crippen LogP contribution in [0.4, 0.5) is 10.5 Å². The van der Waals surface area contributed by atoms with Crippen molar-refractivity contribution in [2.45, 2.75) is 12.6 Å². The van der Waals surface area contributed by atoms with E-state index in [0.29, 0.717) is 17.1 Å². The molecule has 0 aromatic heterocycles. The summed E-state index contributed by atoms with van der Waals surface area (Å²) < 4.78 is 5.46. The lowest BCUT2D eigenvalue weighted by molar-refractivity contribution is -0.149. The molecule has 46 heavy (non-hydrogen) atoms. The summed E-state index contributed by atoms with van der Waals surface area (Å²) in [4.78, 5) is 74.9. The molecule has 12 nitrogen and oxygen atoms in total. The topological polar surface area (TPSA) is 154 Å².